The van der Waals surface area contributed by atoms with E-state index in [4.69, 9.17) is 9.72 Å². The second kappa shape index (κ2) is 8.71. The number of hydrogen-bond donors (Lipinski definition) is 2. The van der Waals surface area contributed by atoms with E-state index in [1.807, 2.05) is 52.8 Å². The molecule has 0 spiro atoms. The summed E-state index contributed by atoms with van der Waals surface area (Å²) >= 11 is 0. The summed E-state index contributed by atoms with van der Waals surface area (Å²) in [6.45, 7) is 10.3. The van der Waals surface area contributed by atoms with Crippen LogP contribution in [0.15, 0.2) is 43.0 Å². The molecule has 0 aliphatic rings. The van der Waals surface area contributed by atoms with Crippen LogP contribution in [0.4, 0.5) is 5.82 Å². The fourth-order valence-electron chi connectivity index (χ4n) is 2.93. The van der Waals surface area contributed by atoms with Gasteiger partial charge in [0, 0.05) is 41.6 Å². The number of fused-ring (bicyclic) bond motifs is 1. The van der Waals surface area contributed by atoms with Gasteiger partial charge in [-0.3, -0.25) is 14.8 Å². The molecule has 0 radical (unpaired) electrons. The molecule has 0 saturated heterocycles. The fourth-order valence-corrected chi connectivity index (χ4v) is 2.93. The Balaban J connectivity index is 1.77. The largest absolute Gasteiger partial charge is 0.459 e. The highest BCUT2D eigenvalue weighted by atomic mass is 16.6. The lowest BCUT2D eigenvalue weighted by molar-refractivity contribution is -0.153. The molecule has 0 saturated carbocycles. The molecule has 3 rings (SSSR count). The predicted octanol–water partition coefficient (Wildman–Crippen LogP) is 3.21. The van der Waals surface area contributed by atoms with Crippen molar-refractivity contribution >= 4 is 22.7 Å². The minimum absolute atomic E-state index is 0.138. The number of nitrogens with one attached hydrogen (secondary N) is 2. The summed E-state index contributed by atoms with van der Waals surface area (Å²) in [5, 5.41) is 7.52. The van der Waals surface area contributed by atoms with Crippen molar-refractivity contribution in [2.24, 2.45) is 0 Å². The van der Waals surface area contributed by atoms with E-state index in [-0.39, 0.29) is 18.1 Å². The first kappa shape index (κ1) is 21.6. The molecule has 0 fully saturated rings. The highest BCUT2D eigenvalue weighted by molar-refractivity contribution is 5.90. The Morgan fingerprint density at radius 2 is 1.70 bits per heavy atom. The lowest BCUT2D eigenvalue weighted by atomic mass is 10.1. The van der Waals surface area contributed by atoms with Gasteiger partial charge in [0.2, 0.25) is 0 Å². The number of hydrogen-bond acceptors (Lipinski definition) is 8. The summed E-state index contributed by atoms with van der Waals surface area (Å²) in [6.07, 6.45) is 6.87. The van der Waals surface area contributed by atoms with Crippen molar-refractivity contribution in [2.75, 3.05) is 18.4 Å². The Kier molecular flexibility index (Phi) is 6.26. The summed E-state index contributed by atoms with van der Waals surface area (Å²) in [7, 11) is 0. The van der Waals surface area contributed by atoms with E-state index < -0.39 is 5.60 Å². The molecule has 8 heteroatoms. The molecule has 0 amide bonds. The van der Waals surface area contributed by atoms with E-state index in [2.05, 4.69) is 25.6 Å². The van der Waals surface area contributed by atoms with Gasteiger partial charge >= 0.3 is 5.97 Å². The minimum atomic E-state index is -0.496. The van der Waals surface area contributed by atoms with Crippen LogP contribution in [-0.4, -0.2) is 50.1 Å². The minimum Gasteiger partial charge on any atom is -0.459 e. The highest BCUT2D eigenvalue weighted by Gasteiger charge is 2.22. The van der Waals surface area contributed by atoms with Gasteiger partial charge in [-0.25, -0.2) is 9.97 Å². The summed E-state index contributed by atoms with van der Waals surface area (Å²) in [5.41, 5.74) is 0.741. The van der Waals surface area contributed by atoms with Gasteiger partial charge in [0.1, 0.15) is 11.4 Å². The molecule has 0 bridgehead atoms. The molecule has 0 atom stereocenters. The molecule has 0 aliphatic carbocycles. The van der Waals surface area contributed by atoms with Crippen molar-refractivity contribution in [3.05, 3.63) is 43.0 Å². The van der Waals surface area contributed by atoms with Gasteiger partial charge in [0.25, 0.3) is 0 Å². The molecule has 3 heterocycles. The van der Waals surface area contributed by atoms with Gasteiger partial charge in [-0.05, 0) is 52.8 Å². The number of nitrogens with zero attached hydrogens (tertiary/aromatic N) is 4. The number of rotatable bonds is 7. The molecular weight excluding hydrogens is 380 g/mol. The Morgan fingerprint density at radius 3 is 2.40 bits per heavy atom. The van der Waals surface area contributed by atoms with Crippen molar-refractivity contribution in [2.45, 2.75) is 45.8 Å². The van der Waals surface area contributed by atoms with Crippen LogP contribution >= 0.6 is 0 Å². The van der Waals surface area contributed by atoms with E-state index in [0.717, 1.165) is 16.5 Å². The maximum atomic E-state index is 11.9. The number of aromatic nitrogens is 4. The zero-order valence-electron chi connectivity index (χ0n) is 18.1. The van der Waals surface area contributed by atoms with Gasteiger partial charge in [0.05, 0.1) is 18.3 Å². The van der Waals surface area contributed by atoms with Gasteiger partial charge in [-0.1, -0.05) is 0 Å². The van der Waals surface area contributed by atoms with E-state index in [9.17, 15) is 4.79 Å². The molecule has 3 aromatic rings. The van der Waals surface area contributed by atoms with Crippen LogP contribution in [0.25, 0.3) is 22.3 Å². The van der Waals surface area contributed by atoms with Crippen molar-refractivity contribution in [1.82, 2.24) is 25.3 Å². The second-order valence-electron chi connectivity index (χ2n) is 8.72. The third-order valence-electron chi connectivity index (χ3n) is 4.15. The van der Waals surface area contributed by atoms with Crippen molar-refractivity contribution < 1.29 is 9.53 Å². The summed E-state index contributed by atoms with van der Waals surface area (Å²) < 4.78 is 5.34. The van der Waals surface area contributed by atoms with Crippen LogP contribution in [0.5, 0.6) is 0 Å². The SMILES string of the molecule is CC(C)(CNCC(=O)OC(C)(C)C)Nc1nc(-c2ccncc2)nc2cnccc12. The molecule has 30 heavy (non-hydrogen) atoms. The summed E-state index contributed by atoms with van der Waals surface area (Å²) in [6, 6.07) is 5.63. The fraction of sp³-hybridized carbons (Fsp3) is 0.409. The Hall–Kier alpha value is -3.13. The smallest absolute Gasteiger partial charge is 0.320 e. The summed E-state index contributed by atoms with van der Waals surface area (Å²) in [5.74, 6) is 1.02. The summed E-state index contributed by atoms with van der Waals surface area (Å²) in [4.78, 5) is 29.6. The molecule has 0 aliphatic heterocycles. The zero-order chi connectivity index (χ0) is 21.8. The van der Waals surface area contributed by atoms with Gasteiger partial charge in [0.15, 0.2) is 5.82 Å². The number of esters is 1. The van der Waals surface area contributed by atoms with Crippen molar-refractivity contribution in [1.29, 1.82) is 0 Å². The van der Waals surface area contributed by atoms with E-state index in [1.54, 1.807) is 24.8 Å². The number of pyridine rings is 2. The molecule has 8 nitrogen and oxygen atoms in total. The molecule has 158 valence electrons. The van der Waals surface area contributed by atoms with Crippen LogP contribution in [0.3, 0.4) is 0 Å². The number of ether oxygens (including phenoxy) is 1. The molecule has 0 unspecified atom stereocenters. The molecule has 3 aromatic heterocycles. The Morgan fingerprint density at radius 1 is 1.00 bits per heavy atom. The van der Waals surface area contributed by atoms with Crippen LogP contribution in [-0.2, 0) is 9.53 Å². The molecule has 0 aromatic carbocycles. The zero-order valence-corrected chi connectivity index (χ0v) is 18.1. The molecule has 2 N–H and O–H groups in total. The number of anilines is 1. The maximum Gasteiger partial charge on any atom is 0.320 e. The van der Waals surface area contributed by atoms with Gasteiger partial charge in [-0.2, -0.15) is 0 Å². The predicted molar refractivity (Wildman–Crippen MR) is 117 cm³/mol. The van der Waals surface area contributed by atoms with E-state index in [1.165, 1.54) is 0 Å². The lowest BCUT2D eigenvalue weighted by Crippen LogP contribution is -2.44. The van der Waals surface area contributed by atoms with E-state index in [0.29, 0.717) is 18.2 Å². The monoisotopic (exact) mass is 408 g/mol. The number of carbonyl (C=O) groups excluding carboxylic acids is 1. The third-order valence-corrected chi connectivity index (χ3v) is 4.15. The van der Waals surface area contributed by atoms with Gasteiger partial charge < -0.3 is 15.4 Å². The van der Waals surface area contributed by atoms with Gasteiger partial charge in [-0.15, -0.1) is 0 Å². The Labute approximate surface area is 176 Å². The standard InChI is InChI=1S/C22H28N6O2/c1-21(2,3)30-18(29)13-25-14-22(4,5)28-20-16-8-11-24-12-17(16)26-19(27-20)15-6-9-23-10-7-15/h6-12,25H,13-14H2,1-5H3,(H,26,27,28). The average molecular weight is 409 g/mol. The lowest BCUT2D eigenvalue weighted by Gasteiger charge is -2.28. The van der Waals surface area contributed by atoms with Crippen LogP contribution in [0.1, 0.15) is 34.6 Å². The normalized spacial score (nSPS) is 12.0. The second-order valence-corrected chi connectivity index (χ2v) is 8.72. The first-order chi connectivity index (χ1) is 14.1. The Bertz CT molecular complexity index is 1020. The topological polar surface area (TPSA) is 102 Å². The number of carbonyl (C=O) groups is 1. The average Bonchev–Trinajstić information content (AvgIpc) is 2.66. The maximum absolute atomic E-state index is 11.9. The first-order valence-corrected chi connectivity index (χ1v) is 9.86. The van der Waals surface area contributed by atoms with E-state index >= 15 is 0 Å². The molecular formula is C22H28N6O2. The van der Waals surface area contributed by atoms with Crippen molar-refractivity contribution in [3.8, 4) is 11.4 Å². The van der Waals surface area contributed by atoms with Crippen LogP contribution in [0, 0.1) is 0 Å². The van der Waals surface area contributed by atoms with Crippen LogP contribution in [0.2, 0.25) is 0 Å². The highest BCUT2D eigenvalue weighted by Crippen LogP contribution is 2.26. The van der Waals surface area contributed by atoms with Crippen molar-refractivity contribution in [3.63, 3.8) is 0 Å². The first-order valence-electron chi connectivity index (χ1n) is 9.86. The quantitative estimate of drug-likeness (QED) is 0.575. The third kappa shape index (κ3) is 5.93. The van der Waals surface area contributed by atoms with Crippen LogP contribution < -0.4 is 10.6 Å².